The van der Waals surface area contributed by atoms with Crippen LogP contribution in [0, 0.1) is 0 Å². The minimum absolute atomic E-state index is 0.0137. The van der Waals surface area contributed by atoms with E-state index in [1.165, 1.54) is 23.9 Å². The van der Waals surface area contributed by atoms with Gasteiger partial charge in [0.2, 0.25) is 15.9 Å². The molecule has 0 radical (unpaired) electrons. The Morgan fingerprint density at radius 2 is 1.90 bits per heavy atom. The average Bonchev–Trinajstić information content (AvgIpc) is 2.75. The zero-order chi connectivity index (χ0) is 21.6. The van der Waals surface area contributed by atoms with Crippen LogP contribution in [-0.4, -0.2) is 45.6 Å². The van der Waals surface area contributed by atoms with Crippen LogP contribution in [-0.2, 0) is 21.4 Å². The molecule has 30 heavy (non-hydrogen) atoms. The second-order valence-corrected chi connectivity index (χ2v) is 9.68. The van der Waals surface area contributed by atoms with Crippen molar-refractivity contribution in [1.82, 2.24) is 10.0 Å². The Hall–Kier alpha value is -1.94. The first kappa shape index (κ1) is 22.7. The number of hydrogen-bond donors (Lipinski definition) is 2. The molecule has 162 valence electrons. The van der Waals surface area contributed by atoms with Gasteiger partial charge in [-0.25, -0.2) is 8.42 Å². The molecule has 0 aliphatic carbocycles. The summed E-state index contributed by atoms with van der Waals surface area (Å²) in [5.74, 6) is 1.07. The van der Waals surface area contributed by atoms with Crippen LogP contribution in [0.1, 0.15) is 12.0 Å². The number of fused-ring (bicyclic) bond motifs is 1. The SMILES string of the molecule is CSCCC(NS(=O)(=O)c1ccc2c(c1)OCCO2)C(=O)NCc1ccccc1Cl. The lowest BCUT2D eigenvalue weighted by atomic mass is 10.2. The Morgan fingerprint density at radius 1 is 1.17 bits per heavy atom. The Morgan fingerprint density at radius 3 is 2.63 bits per heavy atom. The summed E-state index contributed by atoms with van der Waals surface area (Å²) in [6.07, 6.45) is 2.24. The summed E-state index contributed by atoms with van der Waals surface area (Å²) in [5.41, 5.74) is 0.755. The van der Waals surface area contributed by atoms with E-state index < -0.39 is 22.0 Å². The Bertz CT molecular complexity index is 1000. The highest BCUT2D eigenvalue weighted by molar-refractivity contribution is 7.98. The monoisotopic (exact) mass is 470 g/mol. The molecule has 0 saturated carbocycles. The van der Waals surface area contributed by atoms with Gasteiger partial charge in [0, 0.05) is 17.6 Å². The van der Waals surface area contributed by atoms with Crippen molar-refractivity contribution in [3.63, 3.8) is 0 Å². The lowest BCUT2D eigenvalue weighted by Gasteiger charge is -2.21. The van der Waals surface area contributed by atoms with Crippen LogP contribution in [0.5, 0.6) is 11.5 Å². The molecule has 2 aromatic rings. The molecule has 7 nitrogen and oxygen atoms in total. The number of halogens is 1. The average molecular weight is 471 g/mol. The molecule has 0 fully saturated rings. The highest BCUT2D eigenvalue weighted by atomic mass is 35.5. The molecule has 3 rings (SSSR count). The first-order chi connectivity index (χ1) is 14.4. The highest BCUT2D eigenvalue weighted by Crippen LogP contribution is 2.32. The molecule has 1 heterocycles. The molecule has 1 unspecified atom stereocenters. The van der Waals surface area contributed by atoms with Gasteiger partial charge in [-0.1, -0.05) is 29.8 Å². The maximum atomic E-state index is 12.9. The fourth-order valence-corrected chi connectivity index (χ4v) is 4.79. The van der Waals surface area contributed by atoms with Gasteiger partial charge < -0.3 is 14.8 Å². The van der Waals surface area contributed by atoms with E-state index in [1.54, 1.807) is 24.3 Å². The van der Waals surface area contributed by atoms with Crippen LogP contribution < -0.4 is 19.5 Å². The summed E-state index contributed by atoms with van der Waals surface area (Å²) in [6, 6.07) is 10.6. The summed E-state index contributed by atoms with van der Waals surface area (Å²) in [5, 5.41) is 3.31. The summed E-state index contributed by atoms with van der Waals surface area (Å²) in [6.45, 7) is 0.977. The predicted molar refractivity (Wildman–Crippen MR) is 118 cm³/mol. The van der Waals surface area contributed by atoms with Gasteiger partial charge in [-0.05, 0) is 42.2 Å². The van der Waals surface area contributed by atoms with Gasteiger partial charge in [-0.3, -0.25) is 4.79 Å². The third-order valence-electron chi connectivity index (χ3n) is 4.46. The van der Waals surface area contributed by atoms with Gasteiger partial charge in [0.15, 0.2) is 11.5 Å². The van der Waals surface area contributed by atoms with E-state index in [0.717, 1.165) is 5.56 Å². The number of ether oxygens (including phenoxy) is 2. The summed E-state index contributed by atoms with van der Waals surface area (Å²) in [4.78, 5) is 12.8. The first-order valence-electron chi connectivity index (χ1n) is 9.33. The van der Waals surface area contributed by atoms with Crippen LogP contribution in [0.2, 0.25) is 5.02 Å². The summed E-state index contributed by atoms with van der Waals surface area (Å²) in [7, 11) is -3.94. The molecule has 10 heteroatoms. The standard InChI is InChI=1S/C20H23ClN2O5S2/c1-29-11-8-17(20(24)22-13-14-4-2-3-5-16(14)21)23-30(25,26)15-6-7-18-19(12-15)28-10-9-27-18/h2-7,12,17,23H,8-11,13H2,1H3,(H,22,24). The number of thioether (sulfide) groups is 1. The second kappa shape index (κ2) is 10.4. The lowest BCUT2D eigenvalue weighted by Crippen LogP contribution is -2.46. The molecule has 1 aliphatic rings. The van der Waals surface area contributed by atoms with Gasteiger partial charge in [0.1, 0.15) is 19.3 Å². The quantitative estimate of drug-likeness (QED) is 0.585. The fourth-order valence-electron chi connectivity index (χ4n) is 2.87. The summed E-state index contributed by atoms with van der Waals surface area (Å²) < 4.78 is 39.2. The number of nitrogens with one attached hydrogen (secondary N) is 2. The van der Waals surface area contributed by atoms with Gasteiger partial charge in [0.25, 0.3) is 0 Å². The maximum absolute atomic E-state index is 12.9. The van der Waals surface area contributed by atoms with Gasteiger partial charge in [0.05, 0.1) is 4.90 Å². The third kappa shape index (κ3) is 5.81. The number of carbonyl (C=O) groups excluding carboxylic acids is 1. The van der Waals surface area contributed by atoms with Crippen molar-refractivity contribution in [2.45, 2.75) is 23.9 Å². The van der Waals surface area contributed by atoms with Crippen molar-refractivity contribution in [2.75, 3.05) is 25.2 Å². The predicted octanol–water partition coefficient (Wildman–Crippen LogP) is 2.83. The topological polar surface area (TPSA) is 93.7 Å². The first-order valence-corrected chi connectivity index (χ1v) is 12.6. The molecular weight excluding hydrogens is 448 g/mol. The number of sulfonamides is 1. The molecule has 1 aliphatic heterocycles. The van der Waals surface area contributed by atoms with Crippen LogP contribution in [0.4, 0.5) is 0 Å². The van der Waals surface area contributed by atoms with Crippen LogP contribution in [0.15, 0.2) is 47.4 Å². The smallest absolute Gasteiger partial charge is 0.241 e. The van der Waals surface area contributed by atoms with E-state index in [1.807, 2.05) is 12.3 Å². The van der Waals surface area contributed by atoms with Gasteiger partial charge in [-0.15, -0.1) is 0 Å². The van der Waals surface area contributed by atoms with E-state index in [2.05, 4.69) is 10.0 Å². The molecule has 1 atom stereocenters. The molecule has 0 bridgehead atoms. The molecular formula is C20H23ClN2O5S2. The minimum atomic E-state index is -3.94. The van der Waals surface area contributed by atoms with Crippen molar-refractivity contribution in [3.8, 4) is 11.5 Å². The molecule has 0 spiro atoms. The molecule has 2 aromatic carbocycles. The molecule has 2 N–H and O–H groups in total. The van der Waals surface area contributed by atoms with E-state index >= 15 is 0 Å². The fraction of sp³-hybridized carbons (Fsp3) is 0.350. The van der Waals surface area contributed by atoms with Crippen molar-refractivity contribution in [3.05, 3.63) is 53.1 Å². The normalized spacial score (nSPS) is 14.2. The van der Waals surface area contributed by atoms with Crippen LogP contribution in [0.3, 0.4) is 0 Å². The minimum Gasteiger partial charge on any atom is -0.486 e. The van der Waals surface area contributed by atoms with E-state index in [0.29, 0.717) is 41.9 Å². The van der Waals surface area contributed by atoms with E-state index in [9.17, 15) is 13.2 Å². The number of carbonyl (C=O) groups is 1. The number of rotatable bonds is 9. The molecule has 0 saturated heterocycles. The second-order valence-electron chi connectivity index (χ2n) is 6.57. The highest BCUT2D eigenvalue weighted by Gasteiger charge is 2.27. The summed E-state index contributed by atoms with van der Waals surface area (Å²) >= 11 is 7.66. The van der Waals surface area contributed by atoms with Crippen molar-refractivity contribution in [1.29, 1.82) is 0 Å². The molecule has 1 amide bonds. The van der Waals surface area contributed by atoms with Gasteiger partial charge in [-0.2, -0.15) is 16.5 Å². The zero-order valence-corrected chi connectivity index (χ0v) is 18.8. The Balaban J connectivity index is 1.72. The van der Waals surface area contributed by atoms with Crippen LogP contribution >= 0.6 is 23.4 Å². The number of benzene rings is 2. The number of amides is 1. The van der Waals surface area contributed by atoms with Crippen molar-refractivity contribution in [2.24, 2.45) is 0 Å². The van der Waals surface area contributed by atoms with Gasteiger partial charge >= 0.3 is 0 Å². The van der Waals surface area contributed by atoms with Crippen molar-refractivity contribution >= 4 is 39.3 Å². The number of hydrogen-bond acceptors (Lipinski definition) is 6. The Kier molecular flexibility index (Phi) is 7.87. The van der Waals surface area contributed by atoms with Crippen molar-refractivity contribution < 1.29 is 22.7 Å². The zero-order valence-electron chi connectivity index (χ0n) is 16.4. The largest absolute Gasteiger partial charge is 0.486 e. The maximum Gasteiger partial charge on any atom is 0.241 e. The Labute approximate surface area is 185 Å². The third-order valence-corrected chi connectivity index (χ3v) is 6.94. The van der Waals surface area contributed by atoms with E-state index in [4.69, 9.17) is 21.1 Å². The lowest BCUT2D eigenvalue weighted by molar-refractivity contribution is -0.122. The van der Waals surface area contributed by atoms with Crippen LogP contribution in [0.25, 0.3) is 0 Å². The van der Waals surface area contributed by atoms with E-state index in [-0.39, 0.29) is 11.4 Å². The molecule has 0 aromatic heterocycles.